The molecule has 0 amide bonds. The van der Waals surface area contributed by atoms with Gasteiger partial charge in [0.05, 0.1) is 0 Å². The Labute approximate surface area is 249 Å². The second kappa shape index (κ2) is 14.6. The van der Waals surface area contributed by atoms with Gasteiger partial charge < -0.3 is 0 Å². The van der Waals surface area contributed by atoms with Gasteiger partial charge in [0.1, 0.15) is 0 Å². The van der Waals surface area contributed by atoms with Crippen molar-refractivity contribution in [3.63, 3.8) is 0 Å². The van der Waals surface area contributed by atoms with Gasteiger partial charge in [0, 0.05) is 19.2 Å². The van der Waals surface area contributed by atoms with Crippen LogP contribution in [0.4, 0.5) is 0 Å². The van der Waals surface area contributed by atoms with Crippen molar-refractivity contribution in [2.45, 2.75) is 78.1 Å². The molecule has 0 unspecified atom stereocenters. The van der Waals surface area contributed by atoms with Crippen LogP contribution in [0, 0.1) is 0 Å². The summed E-state index contributed by atoms with van der Waals surface area (Å²) in [6.45, 7) is 4.54. The SMILES string of the molecule is CCCCCCc1ccc(/C=C/c2cc3cc4sc(/C=C/c5ccc(CCCCCC)cc5)cc4cc3s2)cc1. The van der Waals surface area contributed by atoms with E-state index in [1.807, 2.05) is 22.7 Å². The van der Waals surface area contributed by atoms with E-state index in [-0.39, 0.29) is 0 Å². The number of hydrogen-bond acceptors (Lipinski definition) is 2. The molecule has 0 saturated heterocycles. The van der Waals surface area contributed by atoms with E-state index < -0.39 is 0 Å². The molecule has 3 aromatic carbocycles. The van der Waals surface area contributed by atoms with E-state index in [1.54, 1.807) is 0 Å². The van der Waals surface area contributed by atoms with Gasteiger partial charge in [-0.05, 0) is 95.1 Å². The highest BCUT2D eigenvalue weighted by molar-refractivity contribution is 7.21. The maximum atomic E-state index is 2.36. The first-order chi connectivity index (χ1) is 19.7. The van der Waals surface area contributed by atoms with E-state index >= 15 is 0 Å². The summed E-state index contributed by atoms with van der Waals surface area (Å²) in [6, 6.07) is 27.6. The molecule has 2 heteroatoms. The zero-order chi connectivity index (χ0) is 27.6. The van der Waals surface area contributed by atoms with Gasteiger partial charge >= 0.3 is 0 Å². The van der Waals surface area contributed by atoms with Gasteiger partial charge in [-0.3, -0.25) is 0 Å². The summed E-state index contributed by atoms with van der Waals surface area (Å²) in [5, 5.41) is 2.68. The van der Waals surface area contributed by atoms with Gasteiger partial charge in [-0.25, -0.2) is 0 Å². The lowest BCUT2D eigenvalue weighted by atomic mass is 10.0. The Hall–Kier alpha value is -2.94. The van der Waals surface area contributed by atoms with Gasteiger partial charge in [0.15, 0.2) is 0 Å². The van der Waals surface area contributed by atoms with Crippen LogP contribution in [0.5, 0.6) is 0 Å². The molecule has 0 saturated carbocycles. The molecule has 0 bridgehead atoms. The van der Waals surface area contributed by atoms with Crippen LogP contribution in [-0.2, 0) is 12.8 Å². The Balaban J connectivity index is 1.20. The second-order valence-electron chi connectivity index (χ2n) is 11.0. The second-order valence-corrected chi connectivity index (χ2v) is 13.2. The number of benzene rings is 3. The molecule has 2 heterocycles. The van der Waals surface area contributed by atoms with Crippen LogP contribution >= 0.6 is 22.7 Å². The largest absolute Gasteiger partial charge is 0.136 e. The monoisotopic (exact) mass is 562 g/mol. The van der Waals surface area contributed by atoms with E-state index in [0.717, 1.165) is 0 Å². The fraction of sp³-hybridized carbons (Fsp3) is 0.316. The Morgan fingerprint density at radius 1 is 0.475 bits per heavy atom. The molecule has 5 aromatic rings. The summed E-state index contributed by atoms with van der Waals surface area (Å²) >= 11 is 3.76. The highest BCUT2D eigenvalue weighted by atomic mass is 32.1. The molecule has 40 heavy (non-hydrogen) atoms. The molecule has 0 spiro atoms. The molecule has 206 valence electrons. The van der Waals surface area contributed by atoms with Gasteiger partial charge in [-0.2, -0.15) is 0 Å². The first kappa shape index (κ1) is 28.6. The maximum absolute atomic E-state index is 2.36. The van der Waals surface area contributed by atoms with Crippen molar-refractivity contribution in [1.82, 2.24) is 0 Å². The average molecular weight is 563 g/mol. The molecule has 0 fully saturated rings. The maximum Gasteiger partial charge on any atom is 0.0356 e. The lowest BCUT2D eigenvalue weighted by molar-refractivity contribution is 0.667. The summed E-state index contributed by atoms with van der Waals surface area (Å²) in [7, 11) is 0. The van der Waals surface area contributed by atoms with Crippen molar-refractivity contribution in [1.29, 1.82) is 0 Å². The number of hydrogen-bond donors (Lipinski definition) is 0. The number of unbranched alkanes of at least 4 members (excludes halogenated alkanes) is 6. The van der Waals surface area contributed by atoms with Crippen LogP contribution < -0.4 is 0 Å². The number of fused-ring (bicyclic) bond motifs is 2. The van der Waals surface area contributed by atoms with Crippen LogP contribution in [0.25, 0.3) is 44.5 Å². The molecule has 5 rings (SSSR count). The smallest absolute Gasteiger partial charge is 0.0356 e. The first-order valence-corrected chi connectivity index (χ1v) is 16.8. The van der Waals surface area contributed by atoms with Crippen LogP contribution in [0.2, 0.25) is 0 Å². The zero-order valence-electron chi connectivity index (χ0n) is 24.1. The van der Waals surface area contributed by atoms with Crippen molar-refractivity contribution in [3.8, 4) is 0 Å². The van der Waals surface area contributed by atoms with E-state index in [4.69, 9.17) is 0 Å². The third kappa shape index (κ3) is 8.05. The van der Waals surface area contributed by atoms with Crippen molar-refractivity contribution in [2.24, 2.45) is 0 Å². The topological polar surface area (TPSA) is 0 Å². The predicted octanol–water partition coefficient (Wildman–Crippen LogP) is 12.7. The molecule has 0 nitrogen and oxygen atoms in total. The van der Waals surface area contributed by atoms with Gasteiger partial charge in [0.25, 0.3) is 0 Å². The number of rotatable bonds is 14. The molecule has 0 atom stereocenters. The first-order valence-electron chi connectivity index (χ1n) is 15.2. The molecular formula is C38H42S2. The van der Waals surface area contributed by atoms with Crippen LogP contribution in [0.3, 0.4) is 0 Å². The number of thiophene rings is 2. The Kier molecular flexibility index (Phi) is 10.4. The fourth-order valence-corrected chi connectivity index (χ4v) is 7.23. The highest BCUT2D eigenvalue weighted by Gasteiger charge is 2.06. The van der Waals surface area contributed by atoms with Crippen molar-refractivity contribution in [3.05, 3.63) is 105 Å². The summed E-state index contributed by atoms with van der Waals surface area (Å²) in [5.41, 5.74) is 5.45. The van der Waals surface area contributed by atoms with E-state index in [0.29, 0.717) is 0 Å². The Bertz CT molecular complexity index is 1380. The average Bonchev–Trinajstić information content (AvgIpc) is 3.57. The molecular weight excluding hydrogens is 521 g/mol. The molecule has 0 aliphatic heterocycles. The Morgan fingerprint density at radius 2 is 0.900 bits per heavy atom. The molecule has 0 N–H and O–H groups in total. The van der Waals surface area contributed by atoms with E-state index in [9.17, 15) is 0 Å². The predicted molar refractivity (Wildman–Crippen MR) is 184 cm³/mol. The molecule has 0 aliphatic carbocycles. The molecule has 0 radical (unpaired) electrons. The van der Waals surface area contributed by atoms with Crippen molar-refractivity contribution < 1.29 is 0 Å². The molecule has 0 aliphatic rings. The van der Waals surface area contributed by atoms with Gasteiger partial charge in [-0.1, -0.05) is 113 Å². The van der Waals surface area contributed by atoms with Crippen LogP contribution in [-0.4, -0.2) is 0 Å². The zero-order valence-corrected chi connectivity index (χ0v) is 25.8. The quantitative estimate of drug-likeness (QED) is 0.118. The summed E-state index contributed by atoms with van der Waals surface area (Å²) in [4.78, 5) is 2.62. The van der Waals surface area contributed by atoms with Crippen molar-refractivity contribution >= 4 is 67.1 Å². The van der Waals surface area contributed by atoms with E-state index in [2.05, 4.69) is 111 Å². The summed E-state index contributed by atoms with van der Waals surface area (Å²) in [6.07, 6.45) is 22.0. The normalized spacial score (nSPS) is 12.1. The van der Waals surface area contributed by atoms with Gasteiger partial charge in [-0.15, -0.1) is 22.7 Å². The lowest BCUT2D eigenvalue weighted by Gasteiger charge is -2.01. The fourth-order valence-electron chi connectivity index (χ4n) is 5.24. The third-order valence-electron chi connectivity index (χ3n) is 7.67. The minimum absolute atomic E-state index is 1.20. The lowest BCUT2D eigenvalue weighted by Crippen LogP contribution is -1.85. The van der Waals surface area contributed by atoms with E-state index in [1.165, 1.54) is 116 Å². The summed E-state index contributed by atoms with van der Waals surface area (Å²) < 4.78 is 2.72. The van der Waals surface area contributed by atoms with Gasteiger partial charge in [0.2, 0.25) is 0 Å². The van der Waals surface area contributed by atoms with Crippen molar-refractivity contribution in [2.75, 3.05) is 0 Å². The standard InChI is InChI=1S/C38H42S2/c1-3-5-7-9-11-29-13-17-31(18-14-29)21-23-35-25-33-27-38-34(28-37(33)39-35)26-36(40-38)24-22-32-19-15-30(16-20-32)12-10-8-6-4-2/h13-28H,3-12H2,1-2H3/b23-21+,24-22+. The summed E-state index contributed by atoms with van der Waals surface area (Å²) in [5.74, 6) is 0. The van der Waals surface area contributed by atoms with Crippen LogP contribution in [0.1, 0.15) is 97.2 Å². The Morgan fingerprint density at radius 3 is 1.30 bits per heavy atom. The highest BCUT2D eigenvalue weighted by Crippen LogP contribution is 2.35. The third-order valence-corrected chi connectivity index (χ3v) is 9.80. The molecule has 2 aromatic heterocycles. The minimum atomic E-state index is 1.20. The van der Waals surface area contributed by atoms with Crippen LogP contribution in [0.15, 0.2) is 72.8 Å². The minimum Gasteiger partial charge on any atom is -0.136 e. The number of aryl methyl sites for hydroxylation is 2.